The van der Waals surface area contributed by atoms with Gasteiger partial charge in [0.25, 0.3) is 5.91 Å². The van der Waals surface area contributed by atoms with Crippen molar-refractivity contribution in [3.05, 3.63) is 59.2 Å². The maximum Gasteiger partial charge on any atom is 0.255 e. The van der Waals surface area contributed by atoms with E-state index in [1.54, 1.807) is 23.9 Å². The Hall–Kier alpha value is -1.52. The van der Waals surface area contributed by atoms with E-state index in [2.05, 4.69) is 4.98 Å². The molecule has 1 aromatic carbocycles. The molecule has 3 rings (SSSR count). The third-order valence-corrected chi connectivity index (χ3v) is 5.62. The minimum Gasteiger partial charge on any atom is -0.339 e. The summed E-state index contributed by atoms with van der Waals surface area (Å²) in [6, 6.07) is 13.3. The van der Waals surface area contributed by atoms with Crippen molar-refractivity contribution in [2.75, 3.05) is 18.8 Å². The predicted octanol–water partition coefficient (Wildman–Crippen LogP) is 4.38. The molecule has 0 atom stereocenters. The second-order valence-electron chi connectivity index (χ2n) is 5.69. The topological polar surface area (TPSA) is 33.2 Å². The third kappa shape index (κ3) is 4.27. The van der Waals surface area contributed by atoms with Crippen LogP contribution in [0, 0.1) is 5.92 Å². The zero-order valence-corrected chi connectivity index (χ0v) is 14.4. The van der Waals surface area contributed by atoms with E-state index in [0.717, 1.165) is 36.7 Å². The first-order valence-electron chi connectivity index (χ1n) is 7.81. The molecular weight excluding hydrogens is 328 g/mol. The fourth-order valence-electron chi connectivity index (χ4n) is 2.74. The zero-order chi connectivity index (χ0) is 16.1. The van der Waals surface area contributed by atoms with Crippen LogP contribution >= 0.6 is 23.4 Å². The molecule has 0 saturated carbocycles. The minimum atomic E-state index is 0.0476. The molecule has 0 radical (unpaired) electrons. The summed E-state index contributed by atoms with van der Waals surface area (Å²) in [6.45, 7) is 1.61. The molecule has 1 saturated heterocycles. The molecule has 1 aromatic heterocycles. The number of carbonyl (C=O) groups excluding carboxylic acids is 1. The number of carbonyl (C=O) groups is 1. The van der Waals surface area contributed by atoms with Crippen molar-refractivity contribution in [1.82, 2.24) is 9.88 Å². The molecular formula is C18H19ClN2OS. The summed E-state index contributed by atoms with van der Waals surface area (Å²) in [7, 11) is 0. The standard InChI is InChI=1S/C18H19ClN2OS/c19-16-6-2-1-5-15(16)18(22)21-11-8-14(9-12-21)13-23-17-7-3-4-10-20-17/h1-7,10,14H,8-9,11-13H2. The first-order valence-corrected chi connectivity index (χ1v) is 9.18. The molecule has 0 aliphatic carbocycles. The number of rotatable bonds is 4. The van der Waals surface area contributed by atoms with Gasteiger partial charge in [0.1, 0.15) is 0 Å². The first kappa shape index (κ1) is 16.3. The smallest absolute Gasteiger partial charge is 0.255 e. The molecule has 5 heteroatoms. The number of aromatic nitrogens is 1. The Kier molecular flexibility index (Phi) is 5.57. The maximum atomic E-state index is 12.5. The molecule has 0 bridgehead atoms. The average Bonchev–Trinajstić information content (AvgIpc) is 2.61. The lowest BCUT2D eigenvalue weighted by Crippen LogP contribution is -2.39. The van der Waals surface area contributed by atoms with Gasteiger partial charge in [-0.05, 0) is 43.0 Å². The largest absolute Gasteiger partial charge is 0.339 e. The van der Waals surface area contributed by atoms with Crippen LogP contribution in [0.1, 0.15) is 23.2 Å². The highest BCUT2D eigenvalue weighted by Gasteiger charge is 2.24. The van der Waals surface area contributed by atoms with Gasteiger partial charge in [0.15, 0.2) is 0 Å². The van der Waals surface area contributed by atoms with Crippen molar-refractivity contribution < 1.29 is 4.79 Å². The number of amides is 1. The number of halogens is 1. The Balaban J connectivity index is 1.50. The maximum absolute atomic E-state index is 12.5. The van der Waals surface area contributed by atoms with Gasteiger partial charge in [0.2, 0.25) is 0 Å². The number of pyridine rings is 1. The van der Waals surface area contributed by atoms with Gasteiger partial charge in [-0.1, -0.05) is 29.8 Å². The van der Waals surface area contributed by atoms with Crippen LogP contribution in [0.25, 0.3) is 0 Å². The normalized spacial score (nSPS) is 15.6. The molecule has 0 N–H and O–H groups in total. The van der Waals surface area contributed by atoms with E-state index in [-0.39, 0.29) is 5.91 Å². The fourth-order valence-corrected chi connectivity index (χ4v) is 4.01. The van der Waals surface area contributed by atoms with E-state index in [0.29, 0.717) is 16.5 Å². The van der Waals surface area contributed by atoms with E-state index in [4.69, 9.17) is 11.6 Å². The molecule has 1 fully saturated rings. The van der Waals surface area contributed by atoms with Gasteiger partial charge in [0.05, 0.1) is 15.6 Å². The molecule has 2 heterocycles. The lowest BCUT2D eigenvalue weighted by Gasteiger charge is -2.32. The average molecular weight is 347 g/mol. The molecule has 0 unspecified atom stereocenters. The Morgan fingerprint density at radius 3 is 2.61 bits per heavy atom. The van der Waals surface area contributed by atoms with Gasteiger partial charge in [-0.15, -0.1) is 11.8 Å². The number of hydrogen-bond acceptors (Lipinski definition) is 3. The van der Waals surface area contributed by atoms with E-state index >= 15 is 0 Å². The van der Waals surface area contributed by atoms with Gasteiger partial charge in [-0.3, -0.25) is 4.79 Å². The van der Waals surface area contributed by atoms with Crippen LogP contribution in [0.5, 0.6) is 0 Å². The molecule has 120 valence electrons. The monoisotopic (exact) mass is 346 g/mol. The molecule has 1 amide bonds. The summed E-state index contributed by atoms with van der Waals surface area (Å²) in [5.74, 6) is 1.74. The van der Waals surface area contributed by atoms with Crippen molar-refractivity contribution in [1.29, 1.82) is 0 Å². The predicted molar refractivity (Wildman–Crippen MR) is 95.0 cm³/mol. The summed E-state index contributed by atoms with van der Waals surface area (Å²) in [4.78, 5) is 18.8. The number of benzene rings is 1. The fraction of sp³-hybridized carbons (Fsp3) is 0.333. The van der Waals surface area contributed by atoms with Crippen molar-refractivity contribution in [2.24, 2.45) is 5.92 Å². The minimum absolute atomic E-state index is 0.0476. The number of thioether (sulfide) groups is 1. The summed E-state index contributed by atoms with van der Waals surface area (Å²) in [5.41, 5.74) is 0.607. The lowest BCUT2D eigenvalue weighted by molar-refractivity contribution is 0.0699. The van der Waals surface area contributed by atoms with Gasteiger partial charge >= 0.3 is 0 Å². The molecule has 3 nitrogen and oxygen atoms in total. The van der Waals surface area contributed by atoms with Crippen LogP contribution in [0.15, 0.2) is 53.7 Å². The number of nitrogens with zero attached hydrogens (tertiary/aromatic N) is 2. The molecule has 2 aromatic rings. The van der Waals surface area contributed by atoms with Crippen LogP contribution in [0.2, 0.25) is 5.02 Å². The van der Waals surface area contributed by atoms with Gasteiger partial charge in [0, 0.05) is 25.0 Å². The summed E-state index contributed by atoms with van der Waals surface area (Å²) < 4.78 is 0. The van der Waals surface area contributed by atoms with Crippen LogP contribution in [0.3, 0.4) is 0 Å². The third-order valence-electron chi connectivity index (χ3n) is 4.11. The first-order chi connectivity index (χ1) is 11.2. The lowest BCUT2D eigenvalue weighted by atomic mass is 9.98. The van der Waals surface area contributed by atoms with Crippen LogP contribution in [-0.2, 0) is 0 Å². The number of likely N-dealkylation sites (tertiary alicyclic amines) is 1. The summed E-state index contributed by atoms with van der Waals surface area (Å²) in [5, 5.41) is 1.60. The SMILES string of the molecule is O=C(c1ccccc1Cl)N1CCC(CSc2ccccn2)CC1. The van der Waals surface area contributed by atoms with Gasteiger partial charge in [-0.2, -0.15) is 0 Å². The highest BCUT2D eigenvalue weighted by atomic mass is 35.5. The van der Waals surface area contributed by atoms with Crippen molar-refractivity contribution >= 4 is 29.3 Å². The highest BCUT2D eigenvalue weighted by molar-refractivity contribution is 7.99. The van der Waals surface area contributed by atoms with E-state index in [1.807, 2.05) is 41.4 Å². The van der Waals surface area contributed by atoms with Crippen molar-refractivity contribution in [3.63, 3.8) is 0 Å². The van der Waals surface area contributed by atoms with Crippen LogP contribution in [0.4, 0.5) is 0 Å². The molecule has 0 spiro atoms. The van der Waals surface area contributed by atoms with Crippen molar-refractivity contribution in [2.45, 2.75) is 17.9 Å². The Morgan fingerprint density at radius 2 is 1.91 bits per heavy atom. The molecule has 23 heavy (non-hydrogen) atoms. The van der Waals surface area contributed by atoms with Crippen molar-refractivity contribution in [3.8, 4) is 0 Å². The van der Waals surface area contributed by atoms with E-state index in [1.165, 1.54) is 0 Å². The highest BCUT2D eigenvalue weighted by Crippen LogP contribution is 2.26. The Bertz CT molecular complexity index is 657. The summed E-state index contributed by atoms with van der Waals surface area (Å²) >= 11 is 7.93. The van der Waals surface area contributed by atoms with Crippen LogP contribution < -0.4 is 0 Å². The molecule has 1 aliphatic heterocycles. The summed E-state index contributed by atoms with van der Waals surface area (Å²) in [6.07, 6.45) is 3.90. The van der Waals surface area contributed by atoms with E-state index < -0.39 is 0 Å². The van der Waals surface area contributed by atoms with Gasteiger partial charge < -0.3 is 4.90 Å². The zero-order valence-electron chi connectivity index (χ0n) is 12.8. The van der Waals surface area contributed by atoms with Crippen LogP contribution in [-0.4, -0.2) is 34.6 Å². The Labute approximate surface area is 146 Å². The Morgan fingerprint density at radius 1 is 1.17 bits per heavy atom. The molecule has 1 aliphatic rings. The van der Waals surface area contributed by atoms with E-state index in [9.17, 15) is 4.79 Å². The number of piperidine rings is 1. The second-order valence-corrected chi connectivity index (χ2v) is 7.14. The number of hydrogen-bond donors (Lipinski definition) is 0. The van der Waals surface area contributed by atoms with Gasteiger partial charge in [-0.25, -0.2) is 4.98 Å². The quantitative estimate of drug-likeness (QED) is 0.770. The second kappa shape index (κ2) is 7.84.